The van der Waals surface area contributed by atoms with Crippen LogP contribution in [-0.4, -0.2) is 9.97 Å². The minimum Gasteiger partial charge on any atom is -0.383 e. The summed E-state index contributed by atoms with van der Waals surface area (Å²) in [6.07, 6.45) is 3.28. The molecule has 2 N–H and O–H groups in total. The first-order valence-corrected chi connectivity index (χ1v) is 7.29. The number of hydrogen-bond acceptors (Lipinski definition) is 4. The monoisotopic (exact) mass is 302 g/mol. The highest BCUT2D eigenvalue weighted by Gasteiger charge is 1.91. The molecule has 0 fully saturated rings. The van der Waals surface area contributed by atoms with E-state index in [4.69, 9.17) is 11.3 Å². The van der Waals surface area contributed by atoms with Gasteiger partial charge in [0.1, 0.15) is 11.6 Å². The molecule has 120 valence electrons. The molecular formula is C16H26N6. The van der Waals surface area contributed by atoms with Crippen molar-refractivity contribution < 1.29 is 0 Å². The van der Waals surface area contributed by atoms with E-state index in [1.54, 1.807) is 18.5 Å². The normalized spacial score (nSPS) is 7.73. The smallest absolute Gasteiger partial charge is 0.129 e. The molecule has 0 aliphatic carbocycles. The first-order valence-electron chi connectivity index (χ1n) is 7.29. The van der Waals surface area contributed by atoms with Gasteiger partial charge in [-0.3, -0.25) is 4.98 Å². The number of nitrogens with two attached hydrogens (primary N) is 1. The van der Waals surface area contributed by atoms with Gasteiger partial charge in [0.25, 0.3) is 0 Å². The van der Waals surface area contributed by atoms with E-state index >= 15 is 0 Å². The number of aryl methyl sites for hydroxylation is 2. The Hall–Kier alpha value is -2.59. The van der Waals surface area contributed by atoms with Crippen LogP contribution in [0.1, 0.15) is 38.8 Å². The molecule has 2 rings (SSSR count). The minimum atomic E-state index is 0.449. The SMILES string of the molecule is CC.CC.Cc1cccnc1N.Cc1cccnc1N=[N+]=[N-]. The van der Waals surface area contributed by atoms with Gasteiger partial charge in [-0.2, -0.15) is 0 Å². The van der Waals surface area contributed by atoms with E-state index in [0.29, 0.717) is 11.6 Å². The molecule has 0 atom stereocenters. The van der Waals surface area contributed by atoms with Gasteiger partial charge in [-0.05, 0) is 47.8 Å². The van der Waals surface area contributed by atoms with Gasteiger partial charge in [0.05, 0.1) is 0 Å². The third kappa shape index (κ3) is 9.34. The number of rotatable bonds is 1. The van der Waals surface area contributed by atoms with Crippen molar-refractivity contribution in [3.8, 4) is 0 Å². The number of azide groups is 1. The third-order valence-corrected chi connectivity index (χ3v) is 2.17. The fourth-order valence-electron chi connectivity index (χ4n) is 1.12. The standard InChI is InChI=1S/C6H6N4.C6H8N2.2C2H6/c1-5-3-2-4-8-6(5)9-10-7;1-5-3-2-4-8-6(5)7;2*1-2/h2-4H,1H3;2-4H,1H3,(H2,7,8);2*1-2H3. The van der Waals surface area contributed by atoms with Gasteiger partial charge in [0.15, 0.2) is 0 Å². The Morgan fingerprint density at radius 1 is 0.955 bits per heavy atom. The molecule has 0 saturated carbocycles. The predicted molar refractivity (Wildman–Crippen MR) is 93.9 cm³/mol. The first kappa shape index (κ1) is 21.7. The van der Waals surface area contributed by atoms with Crippen LogP contribution >= 0.6 is 0 Å². The van der Waals surface area contributed by atoms with Crippen LogP contribution in [-0.2, 0) is 0 Å². The molecule has 2 aromatic heterocycles. The molecule has 0 amide bonds. The Balaban J connectivity index is 0. The lowest BCUT2D eigenvalue weighted by Gasteiger charge is -1.92. The minimum absolute atomic E-state index is 0.449. The lowest BCUT2D eigenvalue weighted by Crippen LogP contribution is -1.90. The van der Waals surface area contributed by atoms with Gasteiger partial charge in [0, 0.05) is 17.3 Å². The average Bonchev–Trinajstić information content (AvgIpc) is 2.57. The second-order valence-electron chi connectivity index (χ2n) is 3.54. The van der Waals surface area contributed by atoms with Gasteiger partial charge in [-0.25, -0.2) is 4.98 Å². The van der Waals surface area contributed by atoms with Crippen LogP contribution < -0.4 is 5.73 Å². The fourth-order valence-corrected chi connectivity index (χ4v) is 1.12. The van der Waals surface area contributed by atoms with E-state index in [2.05, 4.69) is 20.0 Å². The summed E-state index contributed by atoms with van der Waals surface area (Å²) >= 11 is 0. The number of aromatic nitrogens is 2. The molecule has 0 saturated heterocycles. The summed E-state index contributed by atoms with van der Waals surface area (Å²) in [4.78, 5) is 10.3. The molecule has 0 unspecified atom stereocenters. The molecule has 0 radical (unpaired) electrons. The van der Waals surface area contributed by atoms with Crippen LogP contribution in [0.3, 0.4) is 0 Å². The Kier molecular flexibility index (Phi) is 14.6. The predicted octanol–water partition coefficient (Wildman–Crippen LogP) is 5.36. The van der Waals surface area contributed by atoms with Crippen molar-refractivity contribution in [3.63, 3.8) is 0 Å². The highest BCUT2D eigenvalue weighted by Crippen LogP contribution is 2.12. The molecule has 2 heterocycles. The molecule has 0 aromatic carbocycles. The second-order valence-corrected chi connectivity index (χ2v) is 3.54. The van der Waals surface area contributed by atoms with Crippen LogP contribution in [0.4, 0.5) is 11.6 Å². The van der Waals surface area contributed by atoms with E-state index in [-0.39, 0.29) is 0 Å². The lowest BCUT2D eigenvalue weighted by atomic mass is 10.3. The van der Waals surface area contributed by atoms with E-state index in [0.717, 1.165) is 11.1 Å². The highest BCUT2D eigenvalue weighted by molar-refractivity contribution is 5.36. The van der Waals surface area contributed by atoms with Crippen LogP contribution in [0.25, 0.3) is 10.4 Å². The number of nitrogen functional groups attached to an aromatic ring is 1. The molecule has 0 aliphatic rings. The van der Waals surface area contributed by atoms with E-state index in [1.807, 2.05) is 59.7 Å². The van der Waals surface area contributed by atoms with Crippen molar-refractivity contribution in [3.05, 3.63) is 58.2 Å². The Morgan fingerprint density at radius 3 is 1.82 bits per heavy atom. The Labute approximate surface area is 133 Å². The first-order chi connectivity index (χ1) is 10.6. The summed E-state index contributed by atoms with van der Waals surface area (Å²) in [6.45, 7) is 11.8. The van der Waals surface area contributed by atoms with Crippen LogP contribution in [0.5, 0.6) is 0 Å². The molecule has 22 heavy (non-hydrogen) atoms. The summed E-state index contributed by atoms with van der Waals surface area (Å²) in [6, 6.07) is 7.44. The molecular weight excluding hydrogens is 276 g/mol. The largest absolute Gasteiger partial charge is 0.383 e. The molecule has 6 heteroatoms. The Morgan fingerprint density at radius 2 is 1.45 bits per heavy atom. The average molecular weight is 302 g/mol. The van der Waals surface area contributed by atoms with Gasteiger partial charge >= 0.3 is 0 Å². The topological polar surface area (TPSA) is 101 Å². The van der Waals surface area contributed by atoms with Crippen molar-refractivity contribution in [1.29, 1.82) is 0 Å². The van der Waals surface area contributed by atoms with Crippen LogP contribution in [0, 0.1) is 13.8 Å². The zero-order valence-electron chi connectivity index (χ0n) is 14.3. The number of nitrogens with zero attached hydrogens (tertiary/aromatic N) is 5. The molecule has 0 bridgehead atoms. The van der Waals surface area contributed by atoms with Crippen LogP contribution in [0.2, 0.25) is 0 Å². The molecule has 6 nitrogen and oxygen atoms in total. The summed E-state index contributed by atoms with van der Waals surface area (Å²) in [5.41, 5.74) is 15.4. The van der Waals surface area contributed by atoms with E-state index in [9.17, 15) is 0 Å². The van der Waals surface area contributed by atoms with Crippen molar-refractivity contribution in [1.82, 2.24) is 9.97 Å². The summed E-state index contributed by atoms with van der Waals surface area (Å²) in [5.74, 6) is 1.07. The van der Waals surface area contributed by atoms with Gasteiger partial charge in [-0.15, -0.1) is 0 Å². The maximum atomic E-state index is 8.06. The zero-order valence-corrected chi connectivity index (χ0v) is 14.3. The molecule has 2 aromatic rings. The summed E-state index contributed by atoms with van der Waals surface area (Å²) in [5, 5.41) is 3.38. The van der Waals surface area contributed by atoms with E-state index < -0.39 is 0 Å². The Bertz CT molecular complexity index is 541. The van der Waals surface area contributed by atoms with Crippen molar-refractivity contribution in [2.75, 3.05) is 5.73 Å². The van der Waals surface area contributed by atoms with E-state index in [1.165, 1.54) is 0 Å². The quantitative estimate of drug-likeness (QED) is 0.436. The lowest BCUT2D eigenvalue weighted by molar-refractivity contribution is 1.21. The third-order valence-electron chi connectivity index (χ3n) is 2.17. The number of anilines is 1. The maximum Gasteiger partial charge on any atom is 0.129 e. The number of hydrogen-bond donors (Lipinski definition) is 1. The van der Waals surface area contributed by atoms with Crippen molar-refractivity contribution >= 4 is 11.6 Å². The molecule has 0 aliphatic heterocycles. The van der Waals surface area contributed by atoms with Gasteiger partial charge in [0.2, 0.25) is 0 Å². The highest BCUT2D eigenvalue weighted by atomic mass is 15.2. The summed E-state index contributed by atoms with van der Waals surface area (Å²) in [7, 11) is 0. The number of pyridine rings is 2. The van der Waals surface area contributed by atoms with Gasteiger partial charge < -0.3 is 5.73 Å². The second kappa shape index (κ2) is 14.8. The van der Waals surface area contributed by atoms with Crippen molar-refractivity contribution in [2.45, 2.75) is 41.5 Å². The van der Waals surface area contributed by atoms with Crippen molar-refractivity contribution in [2.24, 2.45) is 5.11 Å². The summed E-state index contributed by atoms with van der Waals surface area (Å²) < 4.78 is 0. The van der Waals surface area contributed by atoms with Gasteiger partial charge in [-0.1, -0.05) is 39.8 Å². The van der Waals surface area contributed by atoms with Crippen LogP contribution in [0.15, 0.2) is 41.8 Å². The zero-order chi connectivity index (χ0) is 17.4. The maximum absolute atomic E-state index is 8.06. The fraction of sp³-hybridized carbons (Fsp3) is 0.375. The molecule has 0 spiro atoms.